The summed E-state index contributed by atoms with van der Waals surface area (Å²) < 4.78 is 0. The zero-order chi connectivity index (χ0) is 12.3. The minimum Gasteiger partial charge on any atom is -0.329 e. The summed E-state index contributed by atoms with van der Waals surface area (Å²) in [7, 11) is 0. The SMILES string of the molecule is CCC1CCCCC1(CN)N1CCCCC1C. The van der Waals surface area contributed by atoms with Gasteiger partial charge in [0.05, 0.1) is 0 Å². The highest BCUT2D eigenvalue weighted by atomic mass is 15.2. The van der Waals surface area contributed by atoms with Gasteiger partial charge in [-0.2, -0.15) is 0 Å². The van der Waals surface area contributed by atoms with E-state index in [1.807, 2.05) is 0 Å². The Hall–Kier alpha value is -0.0800. The smallest absolute Gasteiger partial charge is 0.0362 e. The molecule has 0 bridgehead atoms. The van der Waals surface area contributed by atoms with Crippen molar-refractivity contribution in [2.24, 2.45) is 11.7 Å². The maximum atomic E-state index is 6.26. The molecule has 1 saturated heterocycles. The predicted molar refractivity (Wildman–Crippen MR) is 74.1 cm³/mol. The molecule has 2 N–H and O–H groups in total. The summed E-state index contributed by atoms with van der Waals surface area (Å²) in [6.07, 6.45) is 11.0. The van der Waals surface area contributed by atoms with Gasteiger partial charge in [0.2, 0.25) is 0 Å². The molecule has 1 saturated carbocycles. The fraction of sp³-hybridized carbons (Fsp3) is 1.00. The van der Waals surface area contributed by atoms with Gasteiger partial charge in [0, 0.05) is 18.1 Å². The van der Waals surface area contributed by atoms with E-state index in [0.717, 1.165) is 18.5 Å². The van der Waals surface area contributed by atoms with E-state index >= 15 is 0 Å². The molecule has 17 heavy (non-hydrogen) atoms. The molecule has 0 spiro atoms. The van der Waals surface area contributed by atoms with E-state index in [4.69, 9.17) is 5.73 Å². The molecule has 0 amide bonds. The molecule has 2 fully saturated rings. The van der Waals surface area contributed by atoms with Crippen LogP contribution in [0.5, 0.6) is 0 Å². The van der Waals surface area contributed by atoms with Gasteiger partial charge in [0.15, 0.2) is 0 Å². The van der Waals surface area contributed by atoms with Crippen molar-refractivity contribution in [2.75, 3.05) is 13.1 Å². The van der Waals surface area contributed by atoms with Crippen molar-refractivity contribution >= 4 is 0 Å². The van der Waals surface area contributed by atoms with E-state index in [0.29, 0.717) is 5.54 Å². The molecule has 2 rings (SSSR count). The molecule has 1 aliphatic heterocycles. The molecule has 0 aromatic carbocycles. The molecule has 1 aliphatic carbocycles. The summed E-state index contributed by atoms with van der Waals surface area (Å²) in [6.45, 7) is 6.93. The lowest BCUT2D eigenvalue weighted by Crippen LogP contribution is -2.63. The molecule has 2 heteroatoms. The predicted octanol–water partition coefficient (Wildman–Crippen LogP) is 3.16. The monoisotopic (exact) mass is 238 g/mol. The molecule has 2 aliphatic rings. The van der Waals surface area contributed by atoms with Crippen molar-refractivity contribution in [2.45, 2.75) is 76.8 Å². The Morgan fingerprint density at radius 2 is 1.94 bits per heavy atom. The van der Waals surface area contributed by atoms with Crippen LogP contribution in [0, 0.1) is 5.92 Å². The first kappa shape index (κ1) is 13.4. The van der Waals surface area contributed by atoms with E-state index in [1.54, 1.807) is 0 Å². The maximum Gasteiger partial charge on any atom is 0.0362 e. The Bertz CT molecular complexity index is 241. The first-order valence-corrected chi connectivity index (χ1v) is 7.71. The second kappa shape index (κ2) is 5.71. The third-order valence-corrected chi connectivity index (χ3v) is 5.39. The first-order valence-electron chi connectivity index (χ1n) is 7.71. The molecular weight excluding hydrogens is 208 g/mol. The molecule has 0 aromatic heterocycles. The molecule has 3 unspecified atom stereocenters. The summed E-state index contributed by atoms with van der Waals surface area (Å²) in [4.78, 5) is 2.80. The third-order valence-electron chi connectivity index (χ3n) is 5.39. The molecule has 100 valence electrons. The fourth-order valence-electron chi connectivity index (χ4n) is 4.40. The number of nitrogens with two attached hydrogens (primary N) is 1. The maximum absolute atomic E-state index is 6.26. The number of nitrogens with zero attached hydrogens (tertiary/aromatic N) is 1. The summed E-state index contributed by atoms with van der Waals surface area (Å²) in [6, 6.07) is 0.749. The van der Waals surface area contributed by atoms with Crippen LogP contribution in [0.3, 0.4) is 0 Å². The topological polar surface area (TPSA) is 29.3 Å². The van der Waals surface area contributed by atoms with Gasteiger partial charge >= 0.3 is 0 Å². The Kier molecular flexibility index (Phi) is 4.48. The lowest BCUT2D eigenvalue weighted by Gasteiger charge is -2.55. The van der Waals surface area contributed by atoms with Gasteiger partial charge in [-0.15, -0.1) is 0 Å². The standard InChI is InChI=1S/C15H30N2/c1-3-14-9-4-6-10-15(14,12-16)17-11-7-5-8-13(17)2/h13-14H,3-12,16H2,1-2H3. The van der Waals surface area contributed by atoms with Gasteiger partial charge in [0.1, 0.15) is 0 Å². The van der Waals surface area contributed by atoms with Crippen LogP contribution in [0.15, 0.2) is 0 Å². The van der Waals surface area contributed by atoms with Crippen molar-refractivity contribution in [1.29, 1.82) is 0 Å². The summed E-state index contributed by atoms with van der Waals surface area (Å²) in [5.41, 5.74) is 6.60. The highest BCUT2D eigenvalue weighted by Crippen LogP contribution is 2.42. The van der Waals surface area contributed by atoms with Gasteiger partial charge in [-0.1, -0.05) is 32.6 Å². The van der Waals surface area contributed by atoms with Gasteiger partial charge in [-0.25, -0.2) is 0 Å². The second-order valence-electron chi connectivity index (χ2n) is 6.20. The largest absolute Gasteiger partial charge is 0.329 e. The van der Waals surface area contributed by atoms with Crippen molar-refractivity contribution in [3.05, 3.63) is 0 Å². The molecule has 1 heterocycles. The first-order chi connectivity index (χ1) is 8.24. The summed E-state index contributed by atoms with van der Waals surface area (Å²) >= 11 is 0. The Morgan fingerprint density at radius 1 is 1.18 bits per heavy atom. The summed E-state index contributed by atoms with van der Waals surface area (Å²) in [5.74, 6) is 0.835. The van der Waals surface area contributed by atoms with Crippen LogP contribution in [0.25, 0.3) is 0 Å². The molecular formula is C15H30N2. The van der Waals surface area contributed by atoms with Crippen LogP contribution in [0.2, 0.25) is 0 Å². The summed E-state index contributed by atoms with van der Waals surface area (Å²) in [5, 5.41) is 0. The normalized spacial score (nSPS) is 40.4. The van der Waals surface area contributed by atoms with Gasteiger partial charge in [0.25, 0.3) is 0 Å². The average Bonchev–Trinajstić information content (AvgIpc) is 2.39. The Morgan fingerprint density at radius 3 is 2.59 bits per heavy atom. The highest BCUT2D eigenvalue weighted by Gasteiger charge is 2.45. The van der Waals surface area contributed by atoms with Crippen molar-refractivity contribution < 1.29 is 0 Å². The lowest BCUT2D eigenvalue weighted by atomic mass is 9.69. The molecule has 3 atom stereocenters. The number of hydrogen-bond acceptors (Lipinski definition) is 2. The van der Waals surface area contributed by atoms with E-state index in [1.165, 1.54) is 57.9 Å². The van der Waals surface area contributed by atoms with Crippen molar-refractivity contribution in [1.82, 2.24) is 4.90 Å². The number of hydrogen-bond donors (Lipinski definition) is 1. The molecule has 0 aromatic rings. The van der Waals surface area contributed by atoms with Crippen molar-refractivity contribution in [3.63, 3.8) is 0 Å². The zero-order valence-electron chi connectivity index (χ0n) is 11.8. The van der Waals surface area contributed by atoms with E-state index in [9.17, 15) is 0 Å². The minimum atomic E-state index is 0.340. The quantitative estimate of drug-likeness (QED) is 0.818. The van der Waals surface area contributed by atoms with Crippen LogP contribution >= 0.6 is 0 Å². The van der Waals surface area contributed by atoms with E-state index < -0.39 is 0 Å². The van der Waals surface area contributed by atoms with Gasteiger partial charge in [-0.05, 0) is 45.1 Å². The van der Waals surface area contributed by atoms with Crippen LogP contribution in [-0.4, -0.2) is 29.6 Å². The highest BCUT2D eigenvalue weighted by molar-refractivity contribution is 5.01. The number of likely N-dealkylation sites (tertiary alicyclic amines) is 1. The Balaban J connectivity index is 2.20. The molecule has 0 radical (unpaired) electrons. The van der Waals surface area contributed by atoms with Crippen LogP contribution in [0.1, 0.15) is 65.2 Å². The third kappa shape index (κ3) is 2.39. The van der Waals surface area contributed by atoms with Crippen LogP contribution in [-0.2, 0) is 0 Å². The van der Waals surface area contributed by atoms with Crippen LogP contribution < -0.4 is 5.73 Å². The van der Waals surface area contributed by atoms with Crippen molar-refractivity contribution in [3.8, 4) is 0 Å². The van der Waals surface area contributed by atoms with Gasteiger partial charge < -0.3 is 5.73 Å². The fourth-order valence-corrected chi connectivity index (χ4v) is 4.40. The average molecular weight is 238 g/mol. The number of piperidine rings is 1. The van der Waals surface area contributed by atoms with E-state index in [-0.39, 0.29) is 0 Å². The lowest BCUT2D eigenvalue weighted by molar-refractivity contribution is -0.0368. The minimum absolute atomic E-state index is 0.340. The van der Waals surface area contributed by atoms with Gasteiger partial charge in [-0.3, -0.25) is 4.90 Å². The van der Waals surface area contributed by atoms with Crippen LogP contribution in [0.4, 0.5) is 0 Å². The zero-order valence-corrected chi connectivity index (χ0v) is 11.8. The Labute approximate surface area is 107 Å². The molecule has 2 nitrogen and oxygen atoms in total. The van der Waals surface area contributed by atoms with E-state index in [2.05, 4.69) is 18.7 Å². The second-order valence-corrected chi connectivity index (χ2v) is 6.20. The number of rotatable bonds is 3.